The number of rotatable bonds is 2. The molecule has 0 spiro atoms. The third kappa shape index (κ3) is 2.11. The van der Waals surface area contributed by atoms with Crippen LogP contribution in [-0.4, -0.2) is 35.4 Å². The van der Waals surface area contributed by atoms with Gasteiger partial charge in [-0.2, -0.15) is 0 Å². The number of amides is 1. The van der Waals surface area contributed by atoms with Crippen LogP contribution < -0.4 is 5.32 Å². The summed E-state index contributed by atoms with van der Waals surface area (Å²) in [6, 6.07) is 5.96. The van der Waals surface area contributed by atoms with Crippen LogP contribution in [0.2, 0.25) is 0 Å². The molecule has 3 fully saturated rings. The van der Waals surface area contributed by atoms with Gasteiger partial charge < -0.3 is 10.2 Å². The zero-order valence-corrected chi connectivity index (χ0v) is 12.0. The highest BCUT2D eigenvalue weighted by Crippen LogP contribution is 2.33. The Morgan fingerprint density at radius 1 is 1.35 bits per heavy atom. The molecule has 4 heterocycles. The van der Waals surface area contributed by atoms with Gasteiger partial charge in [-0.25, -0.2) is 4.98 Å². The number of fused-ring (bicyclic) bond motifs is 4. The first-order valence-electron chi connectivity index (χ1n) is 7.16. The van der Waals surface area contributed by atoms with Gasteiger partial charge in [-0.15, -0.1) is 11.3 Å². The third-order valence-corrected chi connectivity index (χ3v) is 5.40. The van der Waals surface area contributed by atoms with Crippen molar-refractivity contribution in [1.82, 2.24) is 9.88 Å². The molecule has 0 radical (unpaired) electrons. The predicted octanol–water partition coefficient (Wildman–Crippen LogP) is 2.58. The van der Waals surface area contributed by atoms with E-state index in [-0.39, 0.29) is 11.8 Å². The minimum atomic E-state index is 0.156. The van der Waals surface area contributed by atoms with Crippen LogP contribution in [0, 0.1) is 11.8 Å². The van der Waals surface area contributed by atoms with Gasteiger partial charge in [0.25, 0.3) is 0 Å². The molecule has 3 saturated heterocycles. The molecule has 20 heavy (non-hydrogen) atoms. The summed E-state index contributed by atoms with van der Waals surface area (Å²) in [7, 11) is 0. The van der Waals surface area contributed by atoms with Gasteiger partial charge in [-0.3, -0.25) is 4.79 Å². The highest BCUT2D eigenvalue weighted by Gasteiger charge is 2.38. The number of nitrogens with zero attached hydrogens (tertiary/aromatic N) is 2. The molecule has 4 nitrogen and oxygen atoms in total. The minimum absolute atomic E-state index is 0.156. The largest absolute Gasteiger partial charge is 0.326 e. The number of thiazole rings is 1. The van der Waals surface area contributed by atoms with Crippen molar-refractivity contribution in [2.45, 2.75) is 12.8 Å². The van der Waals surface area contributed by atoms with Crippen LogP contribution in [0.3, 0.4) is 0 Å². The fourth-order valence-electron chi connectivity index (χ4n) is 3.43. The number of benzene rings is 1. The highest BCUT2D eigenvalue weighted by molar-refractivity contribution is 7.16. The maximum Gasteiger partial charge on any atom is 0.229 e. The zero-order valence-electron chi connectivity index (χ0n) is 11.2. The normalized spacial score (nSPS) is 28.7. The number of piperidine rings is 3. The van der Waals surface area contributed by atoms with Crippen molar-refractivity contribution in [2.75, 3.05) is 25.0 Å². The molecule has 5 heteroatoms. The van der Waals surface area contributed by atoms with Crippen molar-refractivity contribution in [2.24, 2.45) is 11.8 Å². The van der Waals surface area contributed by atoms with Gasteiger partial charge in [0.15, 0.2) is 0 Å². The smallest absolute Gasteiger partial charge is 0.229 e. The number of carbonyl (C=O) groups excluding carboxylic acids is 1. The molecule has 1 aromatic carbocycles. The average Bonchev–Trinajstić information content (AvgIpc) is 2.96. The maximum atomic E-state index is 12.5. The fourth-order valence-corrected chi connectivity index (χ4v) is 4.09. The van der Waals surface area contributed by atoms with Gasteiger partial charge in [0.05, 0.1) is 21.6 Å². The number of hydrogen-bond donors (Lipinski definition) is 1. The van der Waals surface area contributed by atoms with Gasteiger partial charge in [0.2, 0.25) is 5.91 Å². The van der Waals surface area contributed by atoms with Crippen molar-refractivity contribution in [3.05, 3.63) is 23.7 Å². The van der Waals surface area contributed by atoms with E-state index in [2.05, 4.69) is 15.2 Å². The molecule has 0 aliphatic carbocycles. The molecule has 1 amide bonds. The van der Waals surface area contributed by atoms with E-state index < -0.39 is 0 Å². The van der Waals surface area contributed by atoms with E-state index in [1.165, 1.54) is 25.9 Å². The van der Waals surface area contributed by atoms with E-state index in [1.807, 2.05) is 23.7 Å². The summed E-state index contributed by atoms with van der Waals surface area (Å²) in [5, 5.41) is 3.08. The molecule has 0 saturated carbocycles. The molecule has 3 aliphatic heterocycles. The first-order chi connectivity index (χ1) is 9.79. The average molecular weight is 287 g/mol. The summed E-state index contributed by atoms with van der Waals surface area (Å²) >= 11 is 1.62. The SMILES string of the molecule is O=C(Nc1ccc2scnc2c1)[C@H]1CN2CCC1CC2. The number of carbonyl (C=O) groups is 1. The van der Waals surface area contributed by atoms with Crippen LogP contribution in [0.25, 0.3) is 10.2 Å². The fraction of sp³-hybridized carbons (Fsp3) is 0.467. The van der Waals surface area contributed by atoms with Crippen molar-refractivity contribution in [1.29, 1.82) is 0 Å². The summed E-state index contributed by atoms with van der Waals surface area (Å²) in [4.78, 5) is 19.2. The Balaban J connectivity index is 1.51. The van der Waals surface area contributed by atoms with E-state index in [0.29, 0.717) is 5.92 Å². The van der Waals surface area contributed by atoms with Crippen LogP contribution in [0.5, 0.6) is 0 Å². The van der Waals surface area contributed by atoms with Crippen molar-refractivity contribution in [3.63, 3.8) is 0 Å². The van der Waals surface area contributed by atoms with Crippen LogP contribution in [0.4, 0.5) is 5.69 Å². The minimum Gasteiger partial charge on any atom is -0.326 e. The van der Waals surface area contributed by atoms with E-state index >= 15 is 0 Å². The van der Waals surface area contributed by atoms with Gasteiger partial charge in [-0.1, -0.05) is 0 Å². The molecule has 2 aromatic rings. The summed E-state index contributed by atoms with van der Waals surface area (Å²) in [5.41, 5.74) is 3.66. The van der Waals surface area contributed by atoms with E-state index in [1.54, 1.807) is 11.3 Å². The lowest BCUT2D eigenvalue weighted by Gasteiger charge is -2.43. The molecule has 3 aliphatic rings. The number of hydrogen-bond acceptors (Lipinski definition) is 4. The van der Waals surface area contributed by atoms with Crippen LogP contribution >= 0.6 is 11.3 Å². The van der Waals surface area contributed by atoms with Crippen molar-refractivity contribution >= 4 is 33.1 Å². The molecular weight excluding hydrogens is 270 g/mol. The van der Waals surface area contributed by atoms with E-state index in [4.69, 9.17) is 0 Å². The third-order valence-electron chi connectivity index (χ3n) is 4.59. The van der Waals surface area contributed by atoms with Gasteiger partial charge in [0.1, 0.15) is 0 Å². The first-order valence-corrected chi connectivity index (χ1v) is 8.04. The zero-order chi connectivity index (χ0) is 13.5. The topological polar surface area (TPSA) is 45.2 Å². The summed E-state index contributed by atoms with van der Waals surface area (Å²) in [5.74, 6) is 0.903. The Morgan fingerprint density at radius 2 is 2.20 bits per heavy atom. The summed E-state index contributed by atoms with van der Waals surface area (Å²) < 4.78 is 1.16. The monoisotopic (exact) mass is 287 g/mol. The van der Waals surface area contributed by atoms with Crippen molar-refractivity contribution in [3.8, 4) is 0 Å². The van der Waals surface area contributed by atoms with Crippen LogP contribution in [-0.2, 0) is 4.79 Å². The maximum absolute atomic E-state index is 12.5. The second kappa shape index (κ2) is 4.82. The highest BCUT2D eigenvalue weighted by atomic mass is 32.1. The summed E-state index contributed by atoms with van der Waals surface area (Å²) in [6.45, 7) is 3.26. The summed E-state index contributed by atoms with van der Waals surface area (Å²) in [6.07, 6.45) is 2.34. The molecule has 1 aromatic heterocycles. The number of nitrogens with one attached hydrogen (secondary N) is 1. The Labute approximate surface area is 121 Å². The quantitative estimate of drug-likeness (QED) is 0.923. The standard InChI is InChI=1S/C15H17N3OS/c19-15(12-8-18-5-3-10(12)4-6-18)17-11-1-2-14-13(7-11)16-9-20-14/h1-2,7,9-10,12H,3-6,8H2,(H,17,19)/t12-/m0/s1. The Bertz CT molecular complexity index is 645. The second-order valence-corrected chi connectivity index (χ2v) is 6.65. The molecule has 104 valence electrons. The lowest BCUT2D eigenvalue weighted by Crippen LogP contribution is -2.51. The van der Waals surface area contributed by atoms with Gasteiger partial charge in [0, 0.05) is 12.2 Å². The van der Waals surface area contributed by atoms with Crippen LogP contribution in [0.1, 0.15) is 12.8 Å². The Kier molecular flexibility index (Phi) is 2.97. The number of anilines is 1. The predicted molar refractivity (Wildman–Crippen MR) is 80.9 cm³/mol. The van der Waals surface area contributed by atoms with Crippen molar-refractivity contribution < 1.29 is 4.79 Å². The molecule has 5 rings (SSSR count). The lowest BCUT2D eigenvalue weighted by molar-refractivity contribution is -0.125. The molecular formula is C15H17N3OS. The first kappa shape index (κ1) is 12.3. The lowest BCUT2D eigenvalue weighted by atomic mass is 9.78. The van der Waals surface area contributed by atoms with Gasteiger partial charge in [-0.05, 0) is 50.0 Å². The molecule has 2 bridgehead atoms. The van der Waals surface area contributed by atoms with E-state index in [0.717, 1.165) is 22.4 Å². The second-order valence-electron chi connectivity index (χ2n) is 5.77. The molecule has 0 unspecified atom stereocenters. The molecule has 1 atom stereocenters. The van der Waals surface area contributed by atoms with E-state index in [9.17, 15) is 4.79 Å². The van der Waals surface area contributed by atoms with Gasteiger partial charge >= 0.3 is 0 Å². The number of aromatic nitrogens is 1. The molecule has 1 N–H and O–H groups in total. The Morgan fingerprint density at radius 3 is 2.95 bits per heavy atom. The Hall–Kier alpha value is -1.46. The van der Waals surface area contributed by atoms with Crippen LogP contribution in [0.15, 0.2) is 23.7 Å².